The van der Waals surface area contributed by atoms with Gasteiger partial charge in [0.2, 0.25) is 5.91 Å². The molecule has 0 aliphatic heterocycles. The molecule has 5 nitrogen and oxygen atoms in total. The highest BCUT2D eigenvalue weighted by Gasteiger charge is 1.98. The fourth-order valence-electron chi connectivity index (χ4n) is 1.21. The summed E-state index contributed by atoms with van der Waals surface area (Å²) in [7, 11) is 0. The van der Waals surface area contributed by atoms with E-state index in [1.54, 1.807) is 6.20 Å². The number of hydrogen-bond acceptors (Lipinski definition) is 3. The molecule has 0 unspecified atom stereocenters. The molecule has 2 N–H and O–H groups in total. The van der Waals surface area contributed by atoms with Crippen LogP contribution < -0.4 is 10.6 Å². The van der Waals surface area contributed by atoms with Crippen molar-refractivity contribution in [1.29, 1.82) is 0 Å². The summed E-state index contributed by atoms with van der Waals surface area (Å²) in [5.74, 6) is 2.37. The second-order valence-electron chi connectivity index (χ2n) is 3.28. The zero-order chi connectivity index (χ0) is 11.6. The van der Waals surface area contributed by atoms with Crippen LogP contribution in [0.1, 0.15) is 6.42 Å². The van der Waals surface area contributed by atoms with Crippen molar-refractivity contribution in [2.24, 2.45) is 0 Å². The molecule has 1 aromatic rings. The largest absolute Gasteiger partial charge is 0.355 e. The Morgan fingerprint density at radius 3 is 3.12 bits per heavy atom. The Hall–Kier alpha value is -1.80. The molecule has 0 aliphatic rings. The molecule has 0 bridgehead atoms. The summed E-state index contributed by atoms with van der Waals surface area (Å²) >= 11 is 0. The number of amides is 1. The summed E-state index contributed by atoms with van der Waals surface area (Å²) in [5.41, 5.74) is 0. The van der Waals surface area contributed by atoms with E-state index in [4.69, 9.17) is 6.42 Å². The van der Waals surface area contributed by atoms with Crippen molar-refractivity contribution >= 4 is 5.91 Å². The van der Waals surface area contributed by atoms with Gasteiger partial charge in [-0.25, -0.2) is 0 Å². The smallest absolute Gasteiger partial charge is 0.233 e. The molecule has 0 saturated carbocycles. The van der Waals surface area contributed by atoms with E-state index in [9.17, 15) is 4.79 Å². The maximum Gasteiger partial charge on any atom is 0.233 e. The number of terminal acetylenes is 1. The fraction of sp³-hybridized carbons (Fsp3) is 0.455. The Balaban J connectivity index is 1.98. The van der Waals surface area contributed by atoms with E-state index in [0.717, 1.165) is 13.0 Å². The van der Waals surface area contributed by atoms with Crippen molar-refractivity contribution in [2.45, 2.75) is 13.0 Å². The quantitative estimate of drug-likeness (QED) is 0.486. The predicted molar refractivity (Wildman–Crippen MR) is 61.6 cm³/mol. The van der Waals surface area contributed by atoms with Crippen LogP contribution in [0.2, 0.25) is 0 Å². The molecule has 0 saturated heterocycles. The molecule has 16 heavy (non-hydrogen) atoms. The molecule has 0 aliphatic carbocycles. The van der Waals surface area contributed by atoms with Gasteiger partial charge < -0.3 is 5.32 Å². The first-order chi connectivity index (χ1) is 7.83. The van der Waals surface area contributed by atoms with E-state index < -0.39 is 0 Å². The number of rotatable bonds is 7. The third kappa shape index (κ3) is 5.17. The Kier molecular flexibility index (Phi) is 5.74. The number of carbonyl (C=O) groups is 1. The minimum atomic E-state index is -0.0317. The van der Waals surface area contributed by atoms with Crippen LogP contribution in [-0.4, -0.2) is 35.3 Å². The van der Waals surface area contributed by atoms with Gasteiger partial charge in [-0.05, 0) is 12.5 Å². The molecule has 0 atom stereocenters. The van der Waals surface area contributed by atoms with Crippen molar-refractivity contribution in [1.82, 2.24) is 20.4 Å². The Bertz CT molecular complexity index is 339. The standard InChI is InChI=1S/C11H16N4O/c1-2-5-12-10-11(16)13-6-3-8-15-9-4-7-14-15/h1,4,7,9,12H,3,5-6,8,10H2,(H,13,16). The highest BCUT2D eigenvalue weighted by molar-refractivity contribution is 5.77. The number of nitrogens with zero attached hydrogens (tertiary/aromatic N) is 2. The molecule has 0 aromatic carbocycles. The van der Waals surface area contributed by atoms with Gasteiger partial charge in [-0.2, -0.15) is 5.10 Å². The van der Waals surface area contributed by atoms with E-state index in [1.807, 2.05) is 16.9 Å². The number of aromatic nitrogens is 2. The van der Waals surface area contributed by atoms with Gasteiger partial charge in [0.1, 0.15) is 0 Å². The number of nitrogens with one attached hydrogen (secondary N) is 2. The van der Waals surface area contributed by atoms with Crippen LogP contribution in [0.4, 0.5) is 0 Å². The van der Waals surface area contributed by atoms with Crippen LogP contribution >= 0.6 is 0 Å². The van der Waals surface area contributed by atoms with E-state index in [-0.39, 0.29) is 12.5 Å². The normalized spacial score (nSPS) is 9.69. The summed E-state index contributed by atoms with van der Waals surface area (Å²) in [6.07, 6.45) is 9.54. The lowest BCUT2D eigenvalue weighted by Gasteiger charge is -2.05. The van der Waals surface area contributed by atoms with Crippen molar-refractivity contribution < 1.29 is 4.79 Å². The third-order valence-corrected chi connectivity index (χ3v) is 1.96. The summed E-state index contributed by atoms with van der Waals surface area (Å²) < 4.78 is 1.84. The SMILES string of the molecule is C#CCNCC(=O)NCCCn1cccn1. The van der Waals surface area contributed by atoms with Crippen molar-refractivity contribution in [3.63, 3.8) is 0 Å². The molecule has 1 amide bonds. The molecular weight excluding hydrogens is 204 g/mol. The van der Waals surface area contributed by atoms with Gasteiger partial charge in [0.25, 0.3) is 0 Å². The summed E-state index contributed by atoms with van der Waals surface area (Å²) in [6.45, 7) is 2.15. The van der Waals surface area contributed by atoms with Crippen LogP contribution in [-0.2, 0) is 11.3 Å². The van der Waals surface area contributed by atoms with Gasteiger partial charge in [0.05, 0.1) is 13.1 Å². The predicted octanol–water partition coefficient (Wildman–Crippen LogP) is -0.388. The lowest BCUT2D eigenvalue weighted by Crippen LogP contribution is -2.34. The van der Waals surface area contributed by atoms with Crippen molar-refractivity contribution in [3.8, 4) is 12.3 Å². The van der Waals surface area contributed by atoms with Gasteiger partial charge in [-0.15, -0.1) is 6.42 Å². The average molecular weight is 220 g/mol. The molecule has 0 fully saturated rings. The van der Waals surface area contributed by atoms with E-state index in [2.05, 4.69) is 21.7 Å². The van der Waals surface area contributed by atoms with Crippen LogP contribution in [0.25, 0.3) is 0 Å². The molecule has 86 valence electrons. The maximum atomic E-state index is 11.2. The van der Waals surface area contributed by atoms with Crippen molar-refractivity contribution in [2.75, 3.05) is 19.6 Å². The van der Waals surface area contributed by atoms with Crippen LogP contribution in [0.3, 0.4) is 0 Å². The lowest BCUT2D eigenvalue weighted by atomic mass is 10.4. The van der Waals surface area contributed by atoms with Crippen LogP contribution in [0.15, 0.2) is 18.5 Å². The molecule has 1 heterocycles. The summed E-state index contributed by atoms with van der Waals surface area (Å²) in [5, 5.41) is 9.68. The number of aryl methyl sites for hydroxylation is 1. The number of hydrogen-bond donors (Lipinski definition) is 2. The number of carbonyl (C=O) groups excluding carboxylic acids is 1. The summed E-state index contributed by atoms with van der Waals surface area (Å²) in [6, 6.07) is 1.88. The molecule has 0 spiro atoms. The van der Waals surface area contributed by atoms with E-state index >= 15 is 0 Å². The zero-order valence-electron chi connectivity index (χ0n) is 9.15. The second kappa shape index (κ2) is 7.49. The topological polar surface area (TPSA) is 59.0 Å². The second-order valence-corrected chi connectivity index (χ2v) is 3.28. The third-order valence-electron chi connectivity index (χ3n) is 1.96. The van der Waals surface area contributed by atoms with Gasteiger partial charge in [-0.3, -0.25) is 14.8 Å². The zero-order valence-corrected chi connectivity index (χ0v) is 9.15. The van der Waals surface area contributed by atoms with Gasteiger partial charge in [0, 0.05) is 25.5 Å². The average Bonchev–Trinajstić information content (AvgIpc) is 2.78. The Morgan fingerprint density at radius 2 is 2.44 bits per heavy atom. The van der Waals surface area contributed by atoms with Crippen LogP contribution in [0.5, 0.6) is 0 Å². The van der Waals surface area contributed by atoms with E-state index in [1.165, 1.54) is 0 Å². The van der Waals surface area contributed by atoms with Crippen molar-refractivity contribution in [3.05, 3.63) is 18.5 Å². The fourth-order valence-corrected chi connectivity index (χ4v) is 1.21. The maximum absolute atomic E-state index is 11.2. The Labute approximate surface area is 95.2 Å². The molecular formula is C11H16N4O. The first-order valence-corrected chi connectivity index (χ1v) is 5.21. The first-order valence-electron chi connectivity index (χ1n) is 5.21. The van der Waals surface area contributed by atoms with Crippen LogP contribution in [0, 0.1) is 12.3 Å². The van der Waals surface area contributed by atoms with Gasteiger partial charge in [0.15, 0.2) is 0 Å². The molecule has 5 heteroatoms. The van der Waals surface area contributed by atoms with Gasteiger partial charge in [-0.1, -0.05) is 5.92 Å². The molecule has 0 radical (unpaired) electrons. The van der Waals surface area contributed by atoms with E-state index in [0.29, 0.717) is 13.1 Å². The highest BCUT2D eigenvalue weighted by atomic mass is 16.1. The minimum Gasteiger partial charge on any atom is -0.355 e. The summed E-state index contributed by atoms with van der Waals surface area (Å²) in [4.78, 5) is 11.2. The lowest BCUT2D eigenvalue weighted by molar-refractivity contribution is -0.120. The minimum absolute atomic E-state index is 0.0317. The van der Waals surface area contributed by atoms with Gasteiger partial charge >= 0.3 is 0 Å². The monoisotopic (exact) mass is 220 g/mol. The highest BCUT2D eigenvalue weighted by Crippen LogP contribution is 1.87. The first kappa shape index (κ1) is 12.3. The Morgan fingerprint density at radius 1 is 1.56 bits per heavy atom. The molecule has 1 aromatic heterocycles. The molecule has 1 rings (SSSR count).